The molecule has 0 unspecified atom stereocenters. The number of nitrogens with one attached hydrogen (secondary N) is 1. The van der Waals surface area contributed by atoms with E-state index in [9.17, 15) is 4.79 Å². The Morgan fingerprint density at radius 3 is 2.39 bits per heavy atom. The first-order valence-corrected chi connectivity index (χ1v) is 8.11. The number of rotatable bonds is 4. The van der Waals surface area contributed by atoms with Gasteiger partial charge in [0, 0.05) is 25.5 Å². The van der Waals surface area contributed by atoms with Gasteiger partial charge in [0.05, 0.1) is 10.4 Å². The lowest BCUT2D eigenvalue weighted by atomic mass is 10.1. The second kappa shape index (κ2) is 6.62. The van der Waals surface area contributed by atoms with E-state index in [-0.39, 0.29) is 5.91 Å². The van der Waals surface area contributed by atoms with Crippen molar-refractivity contribution >= 4 is 28.6 Å². The number of amides is 1. The molecule has 1 aromatic heterocycles. The molecular formula is C18H17N3OS. The molecule has 0 aliphatic rings. The van der Waals surface area contributed by atoms with Crippen LogP contribution in [-0.4, -0.2) is 25.0 Å². The van der Waals surface area contributed by atoms with Crippen molar-refractivity contribution in [2.24, 2.45) is 0 Å². The SMILES string of the molecule is CN(C)c1ccc(NC(=O)c2ncsc2-c2ccccc2)cc1. The van der Waals surface area contributed by atoms with Gasteiger partial charge in [0.1, 0.15) is 5.69 Å². The molecule has 23 heavy (non-hydrogen) atoms. The quantitative estimate of drug-likeness (QED) is 0.785. The zero-order chi connectivity index (χ0) is 16.2. The number of carbonyl (C=O) groups is 1. The molecule has 4 nitrogen and oxygen atoms in total. The maximum Gasteiger partial charge on any atom is 0.275 e. The third-order valence-electron chi connectivity index (χ3n) is 3.46. The second-order valence-corrected chi connectivity index (χ2v) is 6.15. The number of hydrogen-bond acceptors (Lipinski definition) is 4. The summed E-state index contributed by atoms with van der Waals surface area (Å²) >= 11 is 1.47. The molecule has 0 radical (unpaired) electrons. The zero-order valence-corrected chi connectivity index (χ0v) is 13.8. The minimum absolute atomic E-state index is 0.192. The molecule has 3 aromatic rings. The third kappa shape index (κ3) is 3.40. The Hall–Kier alpha value is -2.66. The molecule has 1 heterocycles. The van der Waals surface area contributed by atoms with E-state index in [2.05, 4.69) is 10.3 Å². The van der Waals surface area contributed by atoms with Crippen LogP contribution in [-0.2, 0) is 0 Å². The largest absolute Gasteiger partial charge is 0.378 e. The van der Waals surface area contributed by atoms with Crippen LogP contribution in [0.15, 0.2) is 60.1 Å². The molecule has 0 aliphatic heterocycles. The van der Waals surface area contributed by atoms with Gasteiger partial charge in [-0.25, -0.2) is 4.98 Å². The van der Waals surface area contributed by atoms with Gasteiger partial charge < -0.3 is 10.2 Å². The first-order valence-electron chi connectivity index (χ1n) is 7.23. The van der Waals surface area contributed by atoms with E-state index in [1.165, 1.54) is 11.3 Å². The summed E-state index contributed by atoms with van der Waals surface area (Å²) in [6.07, 6.45) is 0. The van der Waals surface area contributed by atoms with E-state index >= 15 is 0 Å². The Labute approximate surface area is 139 Å². The van der Waals surface area contributed by atoms with Crippen LogP contribution in [0.4, 0.5) is 11.4 Å². The molecule has 0 saturated carbocycles. The minimum atomic E-state index is -0.192. The molecule has 0 spiro atoms. The number of anilines is 2. The fourth-order valence-electron chi connectivity index (χ4n) is 2.24. The van der Waals surface area contributed by atoms with Gasteiger partial charge in [-0.3, -0.25) is 4.79 Å². The van der Waals surface area contributed by atoms with Crippen LogP contribution in [0.1, 0.15) is 10.5 Å². The number of nitrogens with zero attached hydrogens (tertiary/aromatic N) is 2. The smallest absolute Gasteiger partial charge is 0.275 e. The van der Waals surface area contributed by atoms with Crippen LogP contribution in [0, 0.1) is 0 Å². The van der Waals surface area contributed by atoms with Crippen molar-refractivity contribution in [1.29, 1.82) is 0 Å². The maximum absolute atomic E-state index is 12.5. The van der Waals surface area contributed by atoms with E-state index in [0.717, 1.165) is 21.8 Å². The highest BCUT2D eigenvalue weighted by Gasteiger charge is 2.16. The van der Waals surface area contributed by atoms with Crippen molar-refractivity contribution in [2.75, 3.05) is 24.3 Å². The molecule has 3 rings (SSSR count). The fourth-order valence-corrected chi connectivity index (χ4v) is 3.03. The zero-order valence-electron chi connectivity index (χ0n) is 13.0. The van der Waals surface area contributed by atoms with E-state index in [1.54, 1.807) is 5.51 Å². The molecule has 116 valence electrons. The molecule has 0 atom stereocenters. The molecule has 0 fully saturated rings. The van der Waals surface area contributed by atoms with Gasteiger partial charge in [0.25, 0.3) is 5.91 Å². The highest BCUT2D eigenvalue weighted by Crippen LogP contribution is 2.28. The van der Waals surface area contributed by atoms with Crippen molar-refractivity contribution in [3.8, 4) is 10.4 Å². The van der Waals surface area contributed by atoms with E-state index < -0.39 is 0 Å². The predicted octanol–water partition coefficient (Wildman–Crippen LogP) is 4.13. The lowest BCUT2D eigenvalue weighted by molar-refractivity contribution is 0.102. The van der Waals surface area contributed by atoms with E-state index in [4.69, 9.17) is 0 Å². The fraction of sp³-hybridized carbons (Fsp3) is 0.111. The van der Waals surface area contributed by atoms with Crippen LogP contribution >= 0.6 is 11.3 Å². The number of hydrogen-bond donors (Lipinski definition) is 1. The summed E-state index contributed by atoms with van der Waals surface area (Å²) in [5.74, 6) is -0.192. The molecule has 5 heteroatoms. The number of carbonyl (C=O) groups excluding carboxylic acids is 1. The van der Waals surface area contributed by atoms with Crippen molar-refractivity contribution in [2.45, 2.75) is 0 Å². The lowest BCUT2D eigenvalue weighted by Crippen LogP contribution is -2.13. The average Bonchev–Trinajstić information content (AvgIpc) is 3.06. The lowest BCUT2D eigenvalue weighted by Gasteiger charge is -2.13. The van der Waals surface area contributed by atoms with Gasteiger partial charge in [-0.2, -0.15) is 0 Å². The molecule has 1 N–H and O–H groups in total. The summed E-state index contributed by atoms with van der Waals surface area (Å²) in [4.78, 5) is 19.6. The Morgan fingerprint density at radius 1 is 1.04 bits per heavy atom. The minimum Gasteiger partial charge on any atom is -0.378 e. The van der Waals surface area contributed by atoms with Crippen molar-refractivity contribution in [1.82, 2.24) is 4.98 Å². The van der Waals surface area contributed by atoms with Crippen LogP contribution in [0.2, 0.25) is 0 Å². The third-order valence-corrected chi connectivity index (χ3v) is 4.34. The van der Waals surface area contributed by atoms with Gasteiger partial charge in [-0.15, -0.1) is 11.3 Å². The molecule has 2 aromatic carbocycles. The normalized spacial score (nSPS) is 10.3. The van der Waals surface area contributed by atoms with E-state index in [0.29, 0.717) is 5.69 Å². The Kier molecular flexibility index (Phi) is 4.39. The number of benzene rings is 2. The molecule has 0 saturated heterocycles. The van der Waals surface area contributed by atoms with Crippen LogP contribution < -0.4 is 10.2 Å². The first-order chi connectivity index (χ1) is 11.1. The number of aromatic nitrogens is 1. The average molecular weight is 323 g/mol. The summed E-state index contributed by atoms with van der Waals surface area (Å²) < 4.78 is 0. The highest BCUT2D eigenvalue weighted by molar-refractivity contribution is 7.13. The predicted molar refractivity (Wildman–Crippen MR) is 96.3 cm³/mol. The summed E-state index contributed by atoms with van der Waals surface area (Å²) in [6, 6.07) is 17.5. The summed E-state index contributed by atoms with van der Waals surface area (Å²) in [5, 5.41) is 2.91. The van der Waals surface area contributed by atoms with Crippen molar-refractivity contribution < 1.29 is 4.79 Å². The monoisotopic (exact) mass is 323 g/mol. The van der Waals surface area contributed by atoms with Crippen LogP contribution in [0.5, 0.6) is 0 Å². The van der Waals surface area contributed by atoms with Gasteiger partial charge in [-0.05, 0) is 29.8 Å². The Balaban J connectivity index is 1.81. The number of thiazole rings is 1. The summed E-state index contributed by atoms with van der Waals surface area (Å²) in [7, 11) is 3.96. The Bertz CT molecular complexity index is 795. The molecular weight excluding hydrogens is 306 g/mol. The Morgan fingerprint density at radius 2 is 1.74 bits per heavy atom. The van der Waals surface area contributed by atoms with Crippen molar-refractivity contribution in [3.05, 3.63) is 65.8 Å². The second-order valence-electron chi connectivity index (χ2n) is 5.29. The van der Waals surface area contributed by atoms with Gasteiger partial charge >= 0.3 is 0 Å². The topological polar surface area (TPSA) is 45.2 Å². The van der Waals surface area contributed by atoms with Crippen molar-refractivity contribution in [3.63, 3.8) is 0 Å². The standard InChI is InChI=1S/C18H17N3OS/c1-21(2)15-10-8-14(9-11-15)20-18(22)16-17(23-12-19-16)13-6-4-3-5-7-13/h3-12H,1-2H3,(H,20,22). The van der Waals surface area contributed by atoms with Gasteiger partial charge in [0.15, 0.2) is 0 Å². The molecule has 1 amide bonds. The molecule has 0 bridgehead atoms. The molecule has 0 aliphatic carbocycles. The van der Waals surface area contributed by atoms with Gasteiger partial charge in [-0.1, -0.05) is 30.3 Å². The first kappa shape index (κ1) is 15.2. The van der Waals surface area contributed by atoms with Gasteiger partial charge in [0.2, 0.25) is 0 Å². The van der Waals surface area contributed by atoms with E-state index in [1.807, 2.05) is 73.6 Å². The van der Waals surface area contributed by atoms with Crippen LogP contribution in [0.3, 0.4) is 0 Å². The maximum atomic E-state index is 12.5. The van der Waals surface area contributed by atoms with Crippen LogP contribution in [0.25, 0.3) is 10.4 Å². The summed E-state index contributed by atoms with van der Waals surface area (Å²) in [6.45, 7) is 0. The summed E-state index contributed by atoms with van der Waals surface area (Å²) in [5.41, 5.74) is 5.00. The highest BCUT2D eigenvalue weighted by atomic mass is 32.1.